The van der Waals surface area contributed by atoms with Crippen LogP contribution >= 0.6 is 0 Å². The summed E-state index contributed by atoms with van der Waals surface area (Å²) in [6, 6.07) is 10.1. The van der Waals surface area contributed by atoms with Crippen LogP contribution in [-0.2, 0) is 16.6 Å². The second-order valence-corrected chi connectivity index (χ2v) is 9.23. The van der Waals surface area contributed by atoms with Crippen molar-refractivity contribution in [2.75, 3.05) is 13.7 Å². The van der Waals surface area contributed by atoms with Gasteiger partial charge in [-0.25, -0.2) is 13.2 Å². The molecule has 5 N–H and O–H groups in total. The van der Waals surface area contributed by atoms with E-state index >= 15 is 0 Å². The van der Waals surface area contributed by atoms with Crippen molar-refractivity contribution < 1.29 is 32.6 Å². The summed E-state index contributed by atoms with van der Waals surface area (Å²) in [6.07, 6.45) is -3.89. The second kappa shape index (κ2) is 9.99. The van der Waals surface area contributed by atoms with Gasteiger partial charge >= 0.3 is 0 Å². The number of rotatable bonds is 10. The van der Waals surface area contributed by atoms with Crippen molar-refractivity contribution in [3.63, 3.8) is 0 Å². The zero-order valence-corrected chi connectivity index (χ0v) is 19.6. The Bertz CT molecular complexity index is 1240. The summed E-state index contributed by atoms with van der Waals surface area (Å²) in [4.78, 5) is 26.0. The topological polar surface area (TPSA) is 117 Å². The molecule has 0 radical (unpaired) electrons. The summed E-state index contributed by atoms with van der Waals surface area (Å²) in [5.41, 5.74) is 3.06. The number of carbonyl (C=O) groups excluding carboxylic acids is 2. The summed E-state index contributed by atoms with van der Waals surface area (Å²) in [5, 5.41) is 14.0. The Morgan fingerprint density at radius 3 is 2.51 bits per heavy atom. The monoisotopic (exact) mass is 491 g/mol. The number of nitrogens with two attached hydrogens (primary N) is 1. The number of nitrogens with one attached hydrogen (secondary N) is 2. The zero-order chi connectivity index (χ0) is 26.0. The SMILES string of the molecule is COc1ccc(F)cc1C(C)(C)CC(O)(Cc1cc2cc(C(=O)NCC(N)=O)ccc2[nH]1)C(F)F. The number of carbonyl (C=O) groups is 2. The quantitative estimate of drug-likeness (QED) is 0.348. The fourth-order valence-corrected chi connectivity index (χ4v) is 4.31. The normalized spacial score (nSPS) is 13.6. The van der Waals surface area contributed by atoms with Gasteiger partial charge in [0.15, 0.2) is 0 Å². The van der Waals surface area contributed by atoms with Crippen LogP contribution in [0.4, 0.5) is 13.2 Å². The smallest absolute Gasteiger partial charge is 0.267 e. The number of aromatic amines is 1. The first-order valence-electron chi connectivity index (χ1n) is 10.9. The van der Waals surface area contributed by atoms with Crippen molar-refractivity contribution in [3.8, 4) is 5.75 Å². The molecule has 1 heterocycles. The van der Waals surface area contributed by atoms with Gasteiger partial charge in [0.05, 0.1) is 13.7 Å². The van der Waals surface area contributed by atoms with Crippen molar-refractivity contribution in [1.29, 1.82) is 0 Å². The van der Waals surface area contributed by atoms with E-state index in [1.165, 1.54) is 37.4 Å². The van der Waals surface area contributed by atoms with Gasteiger partial charge in [0.2, 0.25) is 5.91 Å². The molecule has 0 aliphatic rings. The third-order valence-electron chi connectivity index (χ3n) is 5.90. The standard InChI is InChI=1S/C25H28F3N3O4/c1-24(2,18-10-16(26)5-7-20(18)35-3)13-25(34,23(27)28)11-17-9-15-8-14(4-6-19(15)31-17)22(33)30-12-21(29)32/h4-10,23,31,34H,11-13H2,1-3H3,(H2,29,32)(H,30,33). The number of alkyl halides is 2. The fraction of sp³-hybridized carbons (Fsp3) is 0.360. The van der Waals surface area contributed by atoms with Crippen molar-refractivity contribution in [1.82, 2.24) is 10.3 Å². The lowest BCUT2D eigenvalue weighted by molar-refractivity contribution is -0.117. The van der Waals surface area contributed by atoms with Gasteiger partial charge < -0.3 is 25.9 Å². The number of aliphatic hydroxyl groups is 1. The van der Waals surface area contributed by atoms with Crippen LogP contribution in [-0.4, -0.2) is 47.6 Å². The maximum absolute atomic E-state index is 14.2. The number of benzene rings is 2. The van der Waals surface area contributed by atoms with E-state index in [2.05, 4.69) is 10.3 Å². The number of methoxy groups -OCH3 is 1. The molecule has 0 aliphatic heterocycles. The molecule has 35 heavy (non-hydrogen) atoms. The van der Waals surface area contributed by atoms with Crippen LogP contribution in [0.5, 0.6) is 5.75 Å². The van der Waals surface area contributed by atoms with E-state index < -0.39 is 41.5 Å². The molecule has 10 heteroatoms. The molecule has 188 valence electrons. The first kappa shape index (κ1) is 26.1. The number of amides is 2. The minimum atomic E-state index is -3.09. The van der Waals surface area contributed by atoms with Crippen LogP contribution in [0.2, 0.25) is 0 Å². The highest BCUT2D eigenvalue weighted by molar-refractivity contribution is 5.99. The van der Waals surface area contributed by atoms with Crippen LogP contribution in [0, 0.1) is 5.82 Å². The summed E-state index contributed by atoms with van der Waals surface area (Å²) in [6.45, 7) is 2.96. The number of halogens is 3. The maximum Gasteiger partial charge on any atom is 0.267 e. The van der Waals surface area contributed by atoms with Crippen LogP contribution in [0.15, 0.2) is 42.5 Å². The van der Waals surface area contributed by atoms with Crippen molar-refractivity contribution in [2.24, 2.45) is 5.73 Å². The number of aromatic nitrogens is 1. The Balaban J connectivity index is 1.88. The van der Waals surface area contributed by atoms with E-state index in [1.54, 1.807) is 26.0 Å². The molecule has 2 aromatic carbocycles. The summed E-state index contributed by atoms with van der Waals surface area (Å²) < 4.78 is 47.6. The highest BCUT2D eigenvalue weighted by Crippen LogP contribution is 2.41. The van der Waals surface area contributed by atoms with E-state index in [9.17, 15) is 27.9 Å². The number of H-pyrrole nitrogens is 1. The number of hydrogen-bond donors (Lipinski definition) is 4. The molecule has 1 atom stereocenters. The first-order chi connectivity index (χ1) is 16.3. The lowest BCUT2D eigenvalue weighted by Gasteiger charge is -2.36. The van der Waals surface area contributed by atoms with Crippen LogP contribution < -0.4 is 15.8 Å². The third-order valence-corrected chi connectivity index (χ3v) is 5.90. The predicted molar refractivity (Wildman–Crippen MR) is 125 cm³/mol. The molecule has 0 spiro atoms. The molecule has 1 aromatic heterocycles. The largest absolute Gasteiger partial charge is 0.496 e. The van der Waals surface area contributed by atoms with Gasteiger partial charge in [-0.05, 0) is 54.3 Å². The molecule has 1 unspecified atom stereocenters. The van der Waals surface area contributed by atoms with Gasteiger partial charge in [-0.2, -0.15) is 0 Å². The van der Waals surface area contributed by atoms with E-state index in [1.807, 2.05) is 0 Å². The van der Waals surface area contributed by atoms with Gasteiger partial charge in [-0.1, -0.05) is 13.8 Å². The Morgan fingerprint density at radius 2 is 1.89 bits per heavy atom. The van der Waals surface area contributed by atoms with Gasteiger partial charge in [0, 0.05) is 34.1 Å². The van der Waals surface area contributed by atoms with Crippen LogP contribution in [0.1, 0.15) is 41.9 Å². The molecule has 3 rings (SSSR count). The van der Waals surface area contributed by atoms with Crippen molar-refractivity contribution in [2.45, 2.75) is 44.1 Å². The Labute approximate surface area is 200 Å². The number of ether oxygens (including phenoxy) is 1. The maximum atomic E-state index is 14.2. The number of fused-ring (bicyclic) bond motifs is 1. The molecule has 0 bridgehead atoms. The first-order valence-corrected chi connectivity index (χ1v) is 10.9. The second-order valence-electron chi connectivity index (χ2n) is 9.23. The molecule has 2 amide bonds. The zero-order valence-electron chi connectivity index (χ0n) is 19.6. The van der Waals surface area contributed by atoms with E-state index in [0.29, 0.717) is 27.9 Å². The molecule has 0 fully saturated rings. The average Bonchev–Trinajstić information content (AvgIpc) is 3.17. The number of primary amides is 1. The van der Waals surface area contributed by atoms with Gasteiger partial charge in [-0.3, -0.25) is 9.59 Å². The highest BCUT2D eigenvalue weighted by atomic mass is 19.3. The van der Waals surface area contributed by atoms with Gasteiger partial charge in [0.25, 0.3) is 12.3 Å². The molecule has 0 saturated heterocycles. The van der Waals surface area contributed by atoms with Crippen LogP contribution in [0.25, 0.3) is 10.9 Å². The molecule has 3 aromatic rings. The molecule has 0 saturated carbocycles. The summed E-state index contributed by atoms with van der Waals surface area (Å²) in [7, 11) is 1.40. The minimum Gasteiger partial charge on any atom is -0.496 e. The molecule has 7 nitrogen and oxygen atoms in total. The van der Waals surface area contributed by atoms with Crippen molar-refractivity contribution in [3.05, 3.63) is 65.1 Å². The van der Waals surface area contributed by atoms with E-state index in [0.717, 1.165) is 0 Å². The Kier molecular flexibility index (Phi) is 7.44. The lowest BCUT2D eigenvalue weighted by Crippen LogP contribution is -2.45. The highest BCUT2D eigenvalue weighted by Gasteiger charge is 2.44. The lowest BCUT2D eigenvalue weighted by atomic mass is 9.73. The van der Waals surface area contributed by atoms with E-state index in [-0.39, 0.29) is 18.5 Å². The van der Waals surface area contributed by atoms with Crippen molar-refractivity contribution >= 4 is 22.7 Å². The van der Waals surface area contributed by atoms with Crippen LogP contribution in [0.3, 0.4) is 0 Å². The number of hydrogen-bond acceptors (Lipinski definition) is 4. The Morgan fingerprint density at radius 1 is 1.17 bits per heavy atom. The molecular formula is C25H28F3N3O4. The minimum absolute atomic E-state index is 0.257. The van der Waals surface area contributed by atoms with E-state index in [4.69, 9.17) is 10.5 Å². The summed E-state index contributed by atoms with van der Waals surface area (Å²) in [5.74, 6) is -1.40. The molecule has 0 aliphatic carbocycles. The summed E-state index contributed by atoms with van der Waals surface area (Å²) >= 11 is 0. The molecular weight excluding hydrogens is 463 g/mol. The Hall–Kier alpha value is -3.53. The average molecular weight is 492 g/mol. The van der Waals surface area contributed by atoms with Gasteiger partial charge in [0.1, 0.15) is 17.2 Å². The predicted octanol–water partition coefficient (Wildman–Crippen LogP) is 3.44. The van der Waals surface area contributed by atoms with Gasteiger partial charge in [-0.15, -0.1) is 0 Å². The third kappa shape index (κ3) is 5.94. The fourth-order valence-electron chi connectivity index (χ4n) is 4.31.